The Morgan fingerprint density at radius 3 is 1.90 bits per heavy atom. The summed E-state index contributed by atoms with van der Waals surface area (Å²) in [5.41, 5.74) is 0. The predicted octanol–water partition coefficient (Wildman–Crippen LogP) is 3.34. The summed E-state index contributed by atoms with van der Waals surface area (Å²) in [6.45, 7) is 11.3. The molecule has 1 heterocycles. The highest BCUT2D eigenvalue weighted by atomic mass is 79.9. The van der Waals surface area contributed by atoms with Crippen LogP contribution in [-0.2, 0) is 4.79 Å². The lowest BCUT2D eigenvalue weighted by Gasteiger charge is -2.32. The first kappa shape index (κ1) is 28.6. The van der Waals surface area contributed by atoms with Crippen LogP contribution in [-0.4, -0.2) is 55.1 Å². The Morgan fingerprint density at radius 2 is 1.38 bits per heavy atom. The molecule has 0 saturated carbocycles. The van der Waals surface area contributed by atoms with Crippen molar-refractivity contribution in [2.24, 2.45) is 0 Å². The van der Waals surface area contributed by atoms with Gasteiger partial charge in [0.25, 0.3) is 0 Å². The number of hydrogen-bond donors (Lipinski definition) is 0. The van der Waals surface area contributed by atoms with Gasteiger partial charge in [0, 0.05) is 19.4 Å². The fraction of sp³-hybridized carbons (Fsp3) is 0.880. The van der Waals surface area contributed by atoms with Crippen molar-refractivity contribution in [1.29, 1.82) is 0 Å². The first-order chi connectivity index (χ1) is 13.6. The molecule has 0 bridgehead atoms. The fourth-order valence-electron chi connectivity index (χ4n) is 4.42. The molecule has 0 aromatic heterocycles. The van der Waals surface area contributed by atoms with Gasteiger partial charge in [-0.3, -0.25) is 4.79 Å². The highest BCUT2D eigenvalue weighted by molar-refractivity contribution is 5.76. The van der Waals surface area contributed by atoms with Gasteiger partial charge in [-0.1, -0.05) is 90.6 Å². The molecule has 1 aliphatic rings. The Kier molecular flexibility index (Phi) is 18.2. The molecule has 0 radical (unpaired) electrons. The third-order valence-corrected chi connectivity index (χ3v) is 6.45. The topological polar surface area (TPSA) is 20.3 Å². The number of nitrogens with zero attached hydrogens (tertiary/aromatic N) is 2. The van der Waals surface area contributed by atoms with Crippen LogP contribution in [0.2, 0.25) is 0 Å². The number of hydrogen-bond acceptors (Lipinski definition) is 1. The van der Waals surface area contributed by atoms with Crippen molar-refractivity contribution >= 4 is 5.91 Å². The van der Waals surface area contributed by atoms with Crippen molar-refractivity contribution in [3.8, 4) is 0 Å². The fourth-order valence-corrected chi connectivity index (χ4v) is 4.42. The van der Waals surface area contributed by atoms with Crippen LogP contribution < -0.4 is 17.0 Å². The normalized spacial score (nSPS) is 19.4. The molecule has 0 spiro atoms. The summed E-state index contributed by atoms with van der Waals surface area (Å²) in [6, 6.07) is 0. The number of amides is 1. The lowest BCUT2D eigenvalue weighted by Crippen LogP contribution is -3.00. The van der Waals surface area contributed by atoms with Crippen LogP contribution in [0.1, 0.15) is 103 Å². The molecule has 0 aromatic rings. The Labute approximate surface area is 192 Å². The van der Waals surface area contributed by atoms with E-state index in [1.54, 1.807) is 0 Å². The summed E-state index contributed by atoms with van der Waals surface area (Å²) in [4.78, 5) is 14.6. The van der Waals surface area contributed by atoms with Crippen LogP contribution in [0.15, 0.2) is 12.7 Å². The SMILES string of the molecule is C=CC[N+]1(C)CCCN(C(=O)CCCCCCCCCCCCCCC)CC1.[Br-]. The monoisotopic (exact) mass is 472 g/mol. The Bertz CT molecular complexity index is 416. The van der Waals surface area contributed by atoms with Gasteiger partial charge in [0.15, 0.2) is 0 Å². The van der Waals surface area contributed by atoms with E-state index in [1.807, 2.05) is 6.08 Å². The molecule has 1 fully saturated rings. The van der Waals surface area contributed by atoms with Crippen molar-refractivity contribution in [2.75, 3.05) is 39.8 Å². The Morgan fingerprint density at radius 1 is 0.862 bits per heavy atom. The van der Waals surface area contributed by atoms with E-state index < -0.39 is 0 Å². The smallest absolute Gasteiger partial charge is 0.222 e. The standard InChI is InChI=1S/C25H49N2O.BrH/c1-4-6-7-8-9-10-11-12-13-14-15-16-17-19-25(28)26-20-18-23-27(3,22-5-2)24-21-26;/h5H,2,4,6-24H2,1,3H3;1H/q+1;/p-1. The molecule has 1 rings (SSSR count). The zero-order chi connectivity index (χ0) is 20.5. The third-order valence-electron chi connectivity index (χ3n) is 6.45. The zero-order valence-electron chi connectivity index (χ0n) is 19.6. The average molecular weight is 474 g/mol. The molecule has 0 aromatic carbocycles. The van der Waals surface area contributed by atoms with Gasteiger partial charge in [-0.2, -0.15) is 0 Å². The zero-order valence-corrected chi connectivity index (χ0v) is 21.2. The van der Waals surface area contributed by atoms with E-state index in [4.69, 9.17) is 0 Å². The Hall–Kier alpha value is -0.350. The number of quaternary nitrogens is 1. The quantitative estimate of drug-likeness (QED) is 0.191. The lowest BCUT2D eigenvalue weighted by atomic mass is 10.0. The summed E-state index contributed by atoms with van der Waals surface area (Å²) in [5.74, 6) is 0.384. The number of unbranched alkanes of at least 4 members (excludes halogenated alkanes) is 12. The summed E-state index contributed by atoms with van der Waals surface area (Å²) >= 11 is 0. The van der Waals surface area contributed by atoms with Crippen LogP contribution in [0.3, 0.4) is 0 Å². The van der Waals surface area contributed by atoms with E-state index >= 15 is 0 Å². The maximum absolute atomic E-state index is 12.5. The Balaban J connectivity index is 0.00000784. The second-order valence-electron chi connectivity index (χ2n) is 9.26. The van der Waals surface area contributed by atoms with E-state index in [-0.39, 0.29) is 17.0 Å². The van der Waals surface area contributed by atoms with Crippen molar-refractivity contribution in [3.63, 3.8) is 0 Å². The molecule has 0 aliphatic carbocycles. The largest absolute Gasteiger partial charge is 1.00 e. The minimum atomic E-state index is 0. The number of rotatable bonds is 16. The molecule has 1 aliphatic heterocycles. The minimum Gasteiger partial charge on any atom is -1.00 e. The molecule has 1 atom stereocenters. The van der Waals surface area contributed by atoms with Crippen LogP contribution in [0.25, 0.3) is 0 Å². The van der Waals surface area contributed by atoms with Crippen LogP contribution in [0.4, 0.5) is 0 Å². The van der Waals surface area contributed by atoms with E-state index in [0.29, 0.717) is 5.91 Å². The van der Waals surface area contributed by atoms with Gasteiger partial charge in [-0.15, -0.1) is 0 Å². The highest BCUT2D eigenvalue weighted by Crippen LogP contribution is 2.15. The van der Waals surface area contributed by atoms with Crippen molar-refractivity contribution < 1.29 is 26.3 Å². The summed E-state index contributed by atoms with van der Waals surface area (Å²) in [7, 11) is 2.29. The molecule has 4 heteroatoms. The molecule has 3 nitrogen and oxygen atoms in total. The lowest BCUT2D eigenvalue weighted by molar-refractivity contribution is -0.902. The van der Waals surface area contributed by atoms with E-state index in [9.17, 15) is 4.79 Å². The first-order valence-electron chi connectivity index (χ1n) is 12.3. The van der Waals surface area contributed by atoms with Crippen LogP contribution >= 0.6 is 0 Å². The van der Waals surface area contributed by atoms with Crippen LogP contribution in [0.5, 0.6) is 0 Å². The molecule has 1 saturated heterocycles. The highest BCUT2D eigenvalue weighted by Gasteiger charge is 2.26. The summed E-state index contributed by atoms with van der Waals surface area (Å²) in [5, 5.41) is 0. The average Bonchev–Trinajstić information content (AvgIpc) is 2.87. The van der Waals surface area contributed by atoms with Gasteiger partial charge in [0.2, 0.25) is 5.91 Å². The molecule has 1 amide bonds. The van der Waals surface area contributed by atoms with E-state index in [0.717, 1.165) is 56.5 Å². The molecule has 29 heavy (non-hydrogen) atoms. The minimum absolute atomic E-state index is 0. The molecule has 172 valence electrons. The van der Waals surface area contributed by atoms with E-state index in [1.165, 1.54) is 77.0 Å². The van der Waals surface area contributed by atoms with Gasteiger partial charge in [-0.25, -0.2) is 0 Å². The van der Waals surface area contributed by atoms with Crippen LogP contribution in [0, 0.1) is 0 Å². The molecule has 1 unspecified atom stereocenters. The first-order valence-corrected chi connectivity index (χ1v) is 12.3. The van der Waals surface area contributed by atoms with Crippen molar-refractivity contribution in [3.05, 3.63) is 12.7 Å². The maximum Gasteiger partial charge on any atom is 0.222 e. The molecular formula is C25H49BrN2O. The number of halogens is 1. The van der Waals surface area contributed by atoms with Gasteiger partial charge >= 0.3 is 0 Å². The van der Waals surface area contributed by atoms with Gasteiger partial charge in [0.05, 0.1) is 33.2 Å². The second kappa shape index (κ2) is 18.4. The number of carbonyl (C=O) groups excluding carboxylic acids is 1. The second-order valence-corrected chi connectivity index (χ2v) is 9.26. The predicted molar refractivity (Wildman–Crippen MR) is 122 cm³/mol. The molecular weight excluding hydrogens is 424 g/mol. The number of likely N-dealkylation sites (N-methyl/N-ethyl adjacent to an activating group) is 1. The third kappa shape index (κ3) is 14.3. The maximum atomic E-state index is 12.5. The summed E-state index contributed by atoms with van der Waals surface area (Å²) in [6.07, 6.45) is 21.5. The van der Waals surface area contributed by atoms with Gasteiger partial charge in [-0.05, 0) is 12.5 Å². The van der Waals surface area contributed by atoms with Gasteiger partial charge in [0.1, 0.15) is 0 Å². The van der Waals surface area contributed by atoms with E-state index in [2.05, 4.69) is 25.5 Å². The van der Waals surface area contributed by atoms with Crippen molar-refractivity contribution in [2.45, 2.75) is 103 Å². The summed E-state index contributed by atoms with van der Waals surface area (Å²) < 4.78 is 1.03. The van der Waals surface area contributed by atoms with Gasteiger partial charge < -0.3 is 26.4 Å². The number of carbonyl (C=O) groups is 1. The molecule has 0 N–H and O–H groups in total. The van der Waals surface area contributed by atoms with Crippen molar-refractivity contribution in [1.82, 2.24) is 4.90 Å².